The van der Waals surface area contributed by atoms with Gasteiger partial charge < -0.3 is 15.1 Å². The van der Waals surface area contributed by atoms with Crippen LogP contribution in [0, 0.1) is 13.8 Å². The third-order valence-corrected chi connectivity index (χ3v) is 7.38. The number of amides is 1. The number of rotatable bonds is 5. The standard InChI is InChI=1S/C23H23N7OS2/c1-15-14-16(2)25-22(24-15)26-18-7-5-17(6-8-18)21(31)29-9-11-30(12-10-29)23-28-27-20(33-23)19-4-3-13-32-19/h3-8,13-14H,9-12H2,1-2H3,(H,24,25,26). The Bertz CT molecular complexity index is 1230. The van der Waals surface area contributed by atoms with Crippen LogP contribution in [-0.2, 0) is 0 Å². The van der Waals surface area contributed by atoms with Gasteiger partial charge in [-0.1, -0.05) is 17.4 Å². The highest BCUT2D eigenvalue weighted by molar-refractivity contribution is 7.22. The highest BCUT2D eigenvalue weighted by Crippen LogP contribution is 2.32. The quantitative estimate of drug-likeness (QED) is 0.456. The number of hydrogen-bond donors (Lipinski definition) is 1. The van der Waals surface area contributed by atoms with Crippen molar-refractivity contribution in [2.75, 3.05) is 36.4 Å². The van der Waals surface area contributed by atoms with Crippen molar-refractivity contribution in [1.29, 1.82) is 0 Å². The summed E-state index contributed by atoms with van der Waals surface area (Å²) in [6.45, 7) is 6.68. The summed E-state index contributed by atoms with van der Waals surface area (Å²) in [5.74, 6) is 0.599. The van der Waals surface area contributed by atoms with Gasteiger partial charge in [0.1, 0.15) is 0 Å². The van der Waals surface area contributed by atoms with E-state index in [0.29, 0.717) is 24.6 Å². The molecule has 1 aliphatic heterocycles. The molecule has 0 radical (unpaired) electrons. The second-order valence-electron chi connectivity index (χ2n) is 7.82. The Kier molecular flexibility index (Phi) is 6.01. The minimum Gasteiger partial charge on any atom is -0.343 e. The van der Waals surface area contributed by atoms with E-state index in [2.05, 4.69) is 36.4 Å². The maximum atomic E-state index is 13.0. The number of piperazine rings is 1. The van der Waals surface area contributed by atoms with Crippen LogP contribution in [-0.4, -0.2) is 57.2 Å². The molecule has 1 N–H and O–H groups in total. The molecule has 4 aromatic rings. The Balaban J connectivity index is 1.18. The number of nitrogens with zero attached hydrogens (tertiary/aromatic N) is 6. The van der Waals surface area contributed by atoms with E-state index in [1.54, 1.807) is 22.7 Å². The number of benzene rings is 1. The van der Waals surface area contributed by atoms with E-state index < -0.39 is 0 Å². The average Bonchev–Trinajstić information content (AvgIpc) is 3.51. The molecule has 0 unspecified atom stereocenters. The number of nitrogens with one attached hydrogen (secondary N) is 1. The van der Waals surface area contributed by atoms with Gasteiger partial charge in [0, 0.05) is 48.8 Å². The fourth-order valence-electron chi connectivity index (χ4n) is 3.73. The molecule has 0 spiro atoms. The van der Waals surface area contributed by atoms with Gasteiger partial charge in [0.2, 0.25) is 11.1 Å². The average molecular weight is 478 g/mol. The van der Waals surface area contributed by atoms with Gasteiger partial charge in [-0.25, -0.2) is 9.97 Å². The van der Waals surface area contributed by atoms with Crippen molar-refractivity contribution in [2.45, 2.75) is 13.8 Å². The molecule has 1 amide bonds. The predicted octanol–water partition coefficient (Wildman–Crippen LogP) is 4.38. The first-order chi connectivity index (χ1) is 16.0. The highest BCUT2D eigenvalue weighted by atomic mass is 32.1. The molecule has 1 saturated heterocycles. The van der Waals surface area contributed by atoms with Crippen LogP contribution in [0.15, 0.2) is 47.8 Å². The molecule has 10 heteroatoms. The van der Waals surface area contributed by atoms with E-state index in [0.717, 1.165) is 45.2 Å². The summed E-state index contributed by atoms with van der Waals surface area (Å²) in [4.78, 5) is 27.0. The number of hydrogen-bond acceptors (Lipinski definition) is 9. The fraction of sp³-hybridized carbons (Fsp3) is 0.261. The van der Waals surface area contributed by atoms with Gasteiger partial charge in [-0.3, -0.25) is 4.79 Å². The van der Waals surface area contributed by atoms with Gasteiger partial charge in [0.25, 0.3) is 5.91 Å². The molecule has 33 heavy (non-hydrogen) atoms. The molecular weight excluding hydrogens is 454 g/mol. The summed E-state index contributed by atoms with van der Waals surface area (Å²) in [6, 6.07) is 13.5. The normalized spacial score (nSPS) is 13.9. The summed E-state index contributed by atoms with van der Waals surface area (Å²) in [5.41, 5.74) is 3.34. The first kappa shape index (κ1) is 21.5. The number of carbonyl (C=O) groups excluding carboxylic acids is 1. The molecule has 3 aromatic heterocycles. The van der Waals surface area contributed by atoms with Crippen LogP contribution < -0.4 is 10.2 Å². The number of thiophene rings is 1. The molecule has 1 fully saturated rings. The minimum absolute atomic E-state index is 0.0420. The van der Waals surface area contributed by atoms with Gasteiger partial charge in [0.05, 0.1) is 4.88 Å². The number of aromatic nitrogens is 4. The lowest BCUT2D eigenvalue weighted by molar-refractivity contribution is 0.0747. The summed E-state index contributed by atoms with van der Waals surface area (Å²) >= 11 is 3.27. The molecule has 0 atom stereocenters. The number of aryl methyl sites for hydroxylation is 2. The highest BCUT2D eigenvalue weighted by Gasteiger charge is 2.24. The summed E-state index contributed by atoms with van der Waals surface area (Å²) in [6.07, 6.45) is 0. The van der Waals surface area contributed by atoms with Gasteiger partial charge in [-0.15, -0.1) is 21.5 Å². The number of anilines is 3. The lowest BCUT2D eigenvalue weighted by atomic mass is 10.1. The van der Waals surface area contributed by atoms with Crippen LogP contribution in [0.1, 0.15) is 21.7 Å². The monoisotopic (exact) mass is 477 g/mol. The fourth-order valence-corrected chi connectivity index (χ4v) is 5.42. The Morgan fingerprint density at radius 2 is 1.70 bits per heavy atom. The van der Waals surface area contributed by atoms with Crippen molar-refractivity contribution in [3.05, 3.63) is 64.8 Å². The van der Waals surface area contributed by atoms with Crippen molar-refractivity contribution in [3.8, 4) is 9.88 Å². The Hall–Kier alpha value is -3.37. The van der Waals surface area contributed by atoms with Crippen molar-refractivity contribution >= 4 is 45.3 Å². The van der Waals surface area contributed by atoms with Gasteiger partial charge in [-0.05, 0) is 55.6 Å². The first-order valence-electron chi connectivity index (χ1n) is 10.7. The molecular formula is C23H23N7OS2. The molecule has 0 saturated carbocycles. The van der Waals surface area contributed by atoms with Crippen LogP contribution in [0.5, 0.6) is 0 Å². The Morgan fingerprint density at radius 3 is 2.36 bits per heavy atom. The largest absolute Gasteiger partial charge is 0.343 e. The van der Waals surface area contributed by atoms with E-state index in [9.17, 15) is 4.79 Å². The zero-order valence-corrected chi connectivity index (χ0v) is 20.0. The van der Waals surface area contributed by atoms with Crippen molar-refractivity contribution < 1.29 is 4.79 Å². The second kappa shape index (κ2) is 9.24. The van der Waals surface area contributed by atoms with Crippen molar-refractivity contribution in [1.82, 2.24) is 25.1 Å². The van der Waals surface area contributed by atoms with Gasteiger partial charge in [0.15, 0.2) is 5.01 Å². The third kappa shape index (κ3) is 4.86. The summed E-state index contributed by atoms with van der Waals surface area (Å²) in [5, 5.41) is 15.8. The van der Waals surface area contributed by atoms with Crippen LogP contribution in [0.25, 0.3) is 9.88 Å². The Labute approximate surface area is 200 Å². The summed E-state index contributed by atoms with van der Waals surface area (Å²) < 4.78 is 0. The number of carbonyl (C=O) groups is 1. The van der Waals surface area contributed by atoms with Gasteiger partial charge >= 0.3 is 0 Å². The molecule has 8 nitrogen and oxygen atoms in total. The SMILES string of the molecule is Cc1cc(C)nc(Nc2ccc(C(=O)N3CCN(c4nnc(-c5cccs5)s4)CC3)cc2)n1. The molecule has 4 heterocycles. The smallest absolute Gasteiger partial charge is 0.253 e. The lowest BCUT2D eigenvalue weighted by Crippen LogP contribution is -2.48. The zero-order valence-electron chi connectivity index (χ0n) is 18.4. The maximum absolute atomic E-state index is 13.0. The third-order valence-electron chi connectivity index (χ3n) is 5.35. The molecule has 0 bridgehead atoms. The second-order valence-corrected chi connectivity index (χ2v) is 9.73. The molecule has 1 aliphatic rings. The predicted molar refractivity (Wildman–Crippen MR) is 133 cm³/mol. The molecule has 1 aromatic carbocycles. The molecule has 5 rings (SSSR count). The lowest BCUT2D eigenvalue weighted by Gasteiger charge is -2.34. The minimum atomic E-state index is 0.0420. The van der Waals surface area contributed by atoms with E-state index in [1.807, 2.05) is 60.5 Å². The van der Waals surface area contributed by atoms with E-state index in [-0.39, 0.29) is 5.91 Å². The summed E-state index contributed by atoms with van der Waals surface area (Å²) in [7, 11) is 0. The van der Waals surface area contributed by atoms with E-state index in [1.165, 1.54) is 0 Å². The first-order valence-corrected chi connectivity index (χ1v) is 12.4. The van der Waals surface area contributed by atoms with Crippen LogP contribution in [0.2, 0.25) is 0 Å². The van der Waals surface area contributed by atoms with Crippen molar-refractivity contribution in [3.63, 3.8) is 0 Å². The molecule has 168 valence electrons. The topological polar surface area (TPSA) is 87.1 Å². The zero-order chi connectivity index (χ0) is 22.8. The van der Waals surface area contributed by atoms with Crippen LogP contribution in [0.3, 0.4) is 0 Å². The maximum Gasteiger partial charge on any atom is 0.253 e. The Morgan fingerprint density at radius 1 is 0.970 bits per heavy atom. The van der Waals surface area contributed by atoms with Crippen molar-refractivity contribution in [2.24, 2.45) is 0 Å². The van der Waals surface area contributed by atoms with E-state index >= 15 is 0 Å². The van der Waals surface area contributed by atoms with Crippen LogP contribution >= 0.6 is 22.7 Å². The van der Waals surface area contributed by atoms with Crippen LogP contribution in [0.4, 0.5) is 16.8 Å². The molecule has 0 aliphatic carbocycles. The van der Waals surface area contributed by atoms with Gasteiger partial charge in [-0.2, -0.15) is 0 Å². The van der Waals surface area contributed by atoms with E-state index in [4.69, 9.17) is 0 Å².